The number of aromatic amines is 1. The second kappa shape index (κ2) is 6.90. The van der Waals surface area contributed by atoms with Crippen molar-refractivity contribution in [1.29, 1.82) is 0 Å². The maximum atomic E-state index is 10.8. The number of rotatable bonds is 2. The highest BCUT2D eigenvalue weighted by Crippen LogP contribution is 2.39. The predicted molar refractivity (Wildman–Crippen MR) is 118 cm³/mol. The van der Waals surface area contributed by atoms with Gasteiger partial charge in [-0.3, -0.25) is 5.10 Å². The quantitative estimate of drug-likeness (QED) is 0.465. The van der Waals surface area contributed by atoms with E-state index in [1.165, 1.54) is 5.69 Å². The molecule has 0 amide bonds. The second-order valence-corrected chi connectivity index (χ2v) is 8.01. The van der Waals surface area contributed by atoms with Gasteiger partial charge in [-0.1, -0.05) is 11.6 Å². The summed E-state index contributed by atoms with van der Waals surface area (Å²) in [5.74, 6) is 0.183. The minimum atomic E-state index is 0.183. The summed E-state index contributed by atoms with van der Waals surface area (Å²) in [6, 6.07) is 8.03. The number of benzene rings is 2. The molecule has 3 heterocycles. The van der Waals surface area contributed by atoms with Crippen LogP contribution in [0.4, 0.5) is 5.69 Å². The van der Waals surface area contributed by atoms with Gasteiger partial charge in [-0.25, -0.2) is 4.98 Å². The Kier molecular flexibility index (Phi) is 4.33. The minimum Gasteiger partial charge on any atom is -0.507 e. The fraction of sp³-hybridized carbons (Fsp3) is 0.273. The maximum Gasteiger partial charge on any atom is 0.130 e. The van der Waals surface area contributed by atoms with Crippen molar-refractivity contribution < 1.29 is 5.11 Å². The zero-order chi connectivity index (χ0) is 20.1. The van der Waals surface area contributed by atoms with Crippen molar-refractivity contribution in [2.75, 3.05) is 31.1 Å². The molecule has 6 nitrogen and oxygen atoms in total. The van der Waals surface area contributed by atoms with E-state index in [-0.39, 0.29) is 5.75 Å². The zero-order valence-corrected chi connectivity index (χ0v) is 17.1. The molecule has 2 aromatic heterocycles. The number of aromatic nitrogens is 3. The summed E-state index contributed by atoms with van der Waals surface area (Å²) in [6.45, 7) is 7.84. The molecule has 0 aliphatic carbocycles. The molecule has 2 aromatic carbocycles. The number of anilines is 1. The lowest BCUT2D eigenvalue weighted by molar-refractivity contribution is 0.474. The Hall–Kier alpha value is -2.83. The number of H-pyrrole nitrogens is 1. The molecule has 7 heteroatoms. The SMILES string of the molecule is Cc1c(O)c(-c2cc(Cl)c3cc(N4CCNCC4)cc(C)c3n2)cc2c[nH]nc12. The fourth-order valence-electron chi connectivity index (χ4n) is 4.13. The number of fused-ring (bicyclic) bond motifs is 2. The number of aryl methyl sites for hydroxylation is 2. The van der Waals surface area contributed by atoms with Crippen molar-refractivity contribution in [2.24, 2.45) is 0 Å². The molecule has 1 saturated heterocycles. The Morgan fingerprint density at radius 3 is 2.66 bits per heavy atom. The van der Waals surface area contributed by atoms with E-state index in [4.69, 9.17) is 16.6 Å². The van der Waals surface area contributed by atoms with Crippen LogP contribution in [0.25, 0.3) is 33.1 Å². The lowest BCUT2D eigenvalue weighted by Crippen LogP contribution is -2.43. The van der Waals surface area contributed by atoms with Gasteiger partial charge >= 0.3 is 0 Å². The molecule has 0 unspecified atom stereocenters. The van der Waals surface area contributed by atoms with Crippen molar-refractivity contribution in [1.82, 2.24) is 20.5 Å². The normalized spacial score (nSPS) is 14.8. The molecule has 0 saturated carbocycles. The molecular weight excluding hydrogens is 386 g/mol. The minimum absolute atomic E-state index is 0.183. The molecule has 0 bridgehead atoms. The van der Waals surface area contributed by atoms with E-state index in [0.717, 1.165) is 59.1 Å². The lowest BCUT2D eigenvalue weighted by atomic mass is 10.0. The van der Waals surface area contributed by atoms with Crippen molar-refractivity contribution in [3.63, 3.8) is 0 Å². The van der Waals surface area contributed by atoms with Crippen LogP contribution >= 0.6 is 11.6 Å². The molecule has 148 valence electrons. The molecule has 5 rings (SSSR count). The molecule has 0 spiro atoms. The third-order valence-corrected chi connectivity index (χ3v) is 6.04. The lowest BCUT2D eigenvalue weighted by Gasteiger charge is -2.30. The van der Waals surface area contributed by atoms with Gasteiger partial charge in [-0.2, -0.15) is 5.10 Å². The Morgan fingerprint density at radius 2 is 1.86 bits per heavy atom. The molecule has 1 aliphatic rings. The van der Waals surface area contributed by atoms with Gasteiger partial charge in [-0.15, -0.1) is 0 Å². The average Bonchev–Trinajstić information content (AvgIpc) is 3.20. The van der Waals surface area contributed by atoms with Crippen LogP contribution in [0.15, 0.2) is 30.5 Å². The van der Waals surface area contributed by atoms with Gasteiger partial charge < -0.3 is 15.3 Å². The Labute approximate surface area is 173 Å². The van der Waals surface area contributed by atoms with Crippen LogP contribution in [0.1, 0.15) is 11.1 Å². The van der Waals surface area contributed by atoms with Gasteiger partial charge in [0.2, 0.25) is 0 Å². The number of phenolic OH excluding ortho intramolecular Hbond substituents is 1. The summed E-state index contributed by atoms with van der Waals surface area (Å²) in [4.78, 5) is 7.25. The van der Waals surface area contributed by atoms with E-state index < -0.39 is 0 Å². The molecule has 3 N–H and O–H groups in total. The number of hydrogen-bond acceptors (Lipinski definition) is 5. The summed E-state index contributed by atoms with van der Waals surface area (Å²) in [5.41, 5.74) is 5.90. The van der Waals surface area contributed by atoms with E-state index in [1.807, 2.05) is 25.3 Å². The molecule has 4 aromatic rings. The van der Waals surface area contributed by atoms with Crippen molar-refractivity contribution in [3.8, 4) is 17.0 Å². The third kappa shape index (κ3) is 2.99. The van der Waals surface area contributed by atoms with Gasteiger partial charge in [0.15, 0.2) is 0 Å². The monoisotopic (exact) mass is 407 g/mol. The molecule has 0 radical (unpaired) electrons. The molecule has 1 fully saturated rings. The van der Waals surface area contributed by atoms with Crippen LogP contribution in [-0.4, -0.2) is 46.5 Å². The van der Waals surface area contributed by atoms with Crippen molar-refractivity contribution in [2.45, 2.75) is 13.8 Å². The number of piperazine rings is 1. The van der Waals surface area contributed by atoms with Crippen LogP contribution in [0.5, 0.6) is 5.75 Å². The van der Waals surface area contributed by atoms with Gasteiger partial charge in [-0.05, 0) is 43.7 Å². The van der Waals surface area contributed by atoms with Crippen LogP contribution < -0.4 is 10.2 Å². The van der Waals surface area contributed by atoms with E-state index >= 15 is 0 Å². The molecule has 29 heavy (non-hydrogen) atoms. The Morgan fingerprint density at radius 1 is 1.07 bits per heavy atom. The highest BCUT2D eigenvalue weighted by Gasteiger charge is 2.18. The summed E-state index contributed by atoms with van der Waals surface area (Å²) < 4.78 is 0. The fourth-order valence-corrected chi connectivity index (χ4v) is 4.38. The Bertz CT molecular complexity index is 1240. The summed E-state index contributed by atoms with van der Waals surface area (Å²) in [5, 5.41) is 23.7. The first-order chi connectivity index (χ1) is 14.0. The maximum absolute atomic E-state index is 10.8. The van der Waals surface area contributed by atoms with E-state index in [0.29, 0.717) is 16.3 Å². The third-order valence-electron chi connectivity index (χ3n) is 5.73. The van der Waals surface area contributed by atoms with Crippen LogP contribution in [-0.2, 0) is 0 Å². The van der Waals surface area contributed by atoms with Gasteiger partial charge in [0.1, 0.15) is 5.75 Å². The molecule has 0 atom stereocenters. The molecular formula is C22H22ClN5O. The topological polar surface area (TPSA) is 77.1 Å². The van der Waals surface area contributed by atoms with Gasteiger partial charge in [0.25, 0.3) is 0 Å². The first-order valence-corrected chi connectivity index (χ1v) is 10.1. The van der Waals surface area contributed by atoms with Gasteiger partial charge in [0.05, 0.1) is 21.7 Å². The van der Waals surface area contributed by atoms with Gasteiger partial charge in [0, 0.05) is 60.0 Å². The van der Waals surface area contributed by atoms with Crippen molar-refractivity contribution in [3.05, 3.63) is 46.6 Å². The van der Waals surface area contributed by atoms with E-state index in [2.05, 4.69) is 39.5 Å². The zero-order valence-electron chi connectivity index (χ0n) is 16.4. The van der Waals surface area contributed by atoms with Crippen LogP contribution in [0.3, 0.4) is 0 Å². The van der Waals surface area contributed by atoms with Crippen LogP contribution in [0, 0.1) is 13.8 Å². The van der Waals surface area contributed by atoms with Crippen molar-refractivity contribution >= 4 is 39.1 Å². The first kappa shape index (κ1) is 18.2. The summed E-state index contributed by atoms with van der Waals surface area (Å²) in [6.07, 6.45) is 1.82. The van der Waals surface area contributed by atoms with Crippen LogP contribution in [0.2, 0.25) is 5.02 Å². The highest BCUT2D eigenvalue weighted by molar-refractivity contribution is 6.35. The van der Waals surface area contributed by atoms with E-state index in [9.17, 15) is 5.11 Å². The standard InChI is InChI=1S/C22H22ClN5O/c1-12-7-15(28-5-3-24-4-6-28)9-16-18(23)10-19(26-20(12)16)17-8-14-11-25-27-21(14)13(2)22(17)29/h7-11,24,29H,3-6H2,1-2H3,(H,25,27). The Balaban J connectivity index is 1.67. The average molecular weight is 408 g/mol. The van der Waals surface area contributed by atoms with E-state index in [1.54, 1.807) is 0 Å². The number of halogens is 1. The molecule has 1 aliphatic heterocycles. The summed E-state index contributed by atoms with van der Waals surface area (Å²) in [7, 11) is 0. The number of nitrogens with zero attached hydrogens (tertiary/aromatic N) is 3. The second-order valence-electron chi connectivity index (χ2n) is 7.61. The smallest absolute Gasteiger partial charge is 0.130 e. The summed E-state index contributed by atoms with van der Waals surface area (Å²) >= 11 is 6.71. The highest BCUT2D eigenvalue weighted by atomic mass is 35.5. The number of phenols is 1. The number of aromatic hydroxyl groups is 1. The number of nitrogens with one attached hydrogen (secondary N) is 2. The first-order valence-electron chi connectivity index (χ1n) is 9.76. The number of hydrogen-bond donors (Lipinski definition) is 3. The predicted octanol–water partition coefficient (Wildman–Crippen LogP) is 4.16. The number of pyridine rings is 1. The largest absolute Gasteiger partial charge is 0.507 e.